The lowest BCUT2D eigenvalue weighted by Gasteiger charge is -2.29. The summed E-state index contributed by atoms with van der Waals surface area (Å²) >= 11 is 6.28. The number of carbonyl (C=O) groups excluding carboxylic acids is 1. The molecule has 0 saturated carbocycles. The van der Waals surface area contributed by atoms with Gasteiger partial charge in [0.15, 0.2) is 6.10 Å². The number of piperidine rings is 1. The summed E-state index contributed by atoms with van der Waals surface area (Å²) in [5.74, 6) is 0.303. The van der Waals surface area contributed by atoms with Crippen LogP contribution in [0.25, 0.3) is 22.0 Å². The van der Waals surface area contributed by atoms with Crippen LogP contribution < -0.4 is 4.74 Å². The number of pyridine rings is 1. The molecule has 1 atom stereocenters. The number of aryl methyl sites for hydroxylation is 1. The number of amides is 1. The van der Waals surface area contributed by atoms with Gasteiger partial charge in [-0.2, -0.15) is 0 Å². The van der Waals surface area contributed by atoms with Crippen LogP contribution in [0.4, 0.5) is 4.39 Å². The van der Waals surface area contributed by atoms with E-state index in [-0.39, 0.29) is 11.7 Å². The van der Waals surface area contributed by atoms with Gasteiger partial charge >= 0.3 is 0 Å². The highest BCUT2D eigenvalue weighted by Crippen LogP contribution is 2.34. The minimum Gasteiger partial charge on any atom is -0.481 e. The Kier molecular flexibility index (Phi) is 5.91. The van der Waals surface area contributed by atoms with Gasteiger partial charge in [0.1, 0.15) is 16.7 Å². The van der Waals surface area contributed by atoms with Crippen LogP contribution in [0.1, 0.15) is 31.7 Å². The second-order valence-corrected chi connectivity index (χ2v) is 8.16. The van der Waals surface area contributed by atoms with Crippen LogP contribution in [0.5, 0.6) is 5.75 Å². The molecule has 30 heavy (non-hydrogen) atoms. The van der Waals surface area contributed by atoms with Gasteiger partial charge in [-0.25, -0.2) is 9.37 Å². The number of fused-ring (bicyclic) bond motifs is 1. The van der Waals surface area contributed by atoms with Gasteiger partial charge in [0, 0.05) is 24.5 Å². The third-order valence-corrected chi connectivity index (χ3v) is 5.75. The van der Waals surface area contributed by atoms with Gasteiger partial charge in [-0.05, 0) is 80.1 Å². The molecular formula is C24H24ClFN2O2. The average Bonchev–Trinajstić information content (AvgIpc) is 2.73. The van der Waals surface area contributed by atoms with Gasteiger partial charge in [0.25, 0.3) is 5.91 Å². The zero-order valence-corrected chi connectivity index (χ0v) is 17.9. The fourth-order valence-electron chi connectivity index (χ4n) is 4.03. The van der Waals surface area contributed by atoms with Crippen molar-refractivity contribution in [1.82, 2.24) is 9.88 Å². The Morgan fingerprint density at radius 3 is 2.60 bits per heavy atom. The molecule has 0 N–H and O–H groups in total. The van der Waals surface area contributed by atoms with E-state index in [1.165, 1.54) is 18.6 Å². The zero-order valence-electron chi connectivity index (χ0n) is 17.1. The highest BCUT2D eigenvalue weighted by atomic mass is 35.5. The summed E-state index contributed by atoms with van der Waals surface area (Å²) in [5.41, 5.74) is 3.26. The summed E-state index contributed by atoms with van der Waals surface area (Å²) in [5, 5.41) is 1.23. The number of hydrogen-bond acceptors (Lipinski definition) is 3. The monoisotopic (exact) mass is 426 g/mol. The Balaban J connectivity index is 1.64. The van der Waals surface area contributed by atoms with Gasteiger partial charge in [-0.3, -0.25) is 4.79 Å². The molecule has 3 aromatic rings. The maximum Gasteiger partial charge on any atom is 0.263 e. The first-order valence-corrected chi connectivity index (χ1v) is 10.6. The summed E-state index contributed by atoms with van der Waals surface area (Å²) in [6.45, 7) is 5.23. The number of carbonyl (C=O) groups is 1. The van der Waals surface area contributed by atoms with Crippen molar-refractivity contribution in [3.8, 4) is 16.9 Å². The van der Waals surface area contributed by atoms with E-state index in [2.05, 4.69) is 4.98 Å². The molecule has 4 nitrogen and oxygen atoms in total. The first-order chi connectivity index (χ1) is 14.4. The van der Waals surface area contributed by atoms with Gasteiger partial charge in [-0.15, -0.1) is 0 Å². The number of likely N-dealkylation sites (tertiary alicyclic amines) is 1. The Morgan fingerprint density at radius 1 is 1.10 bits per heavy atom. The minimum absolute atomic E-state index is 0.0106. The lowest BCUT2D eigenvalue weighted by molar-refractivity contribution is -0.138. The third kappa shape index (κ3) is 4.26. The maximum absolute atomic E-state index is 13.5. The van der Waals surface area contributed by atoms with Crippen LogP contribution in [0.3, 0.4) is 0 Å². The molecule has 1 aliphatic heterocycles. The first kappa shape index (κ1) is 20.6. The van der Waals surface area contributed by atoms with E-state index in [4.69, 9.17) is 16.3 Å². The number of hydrogen-bond donors (Lipinski definition) is 0. The van der Waals surface area contributed by atoms with E-state index in [0.29, 0.717) is 16.4 Å². The molecule has 0 spiro atoms. The molecule has 1 amide bonds. The molecule has 0 bridgehead atoms. The van der Waals surface area contributed by atoms with Gasteiger partial charge < -0.3 is 9.64 Å². The number of benzene rings is 2. The molecule has 0 aliphatic carbocycles. The van der Waals surface area contributed by atoms with Crippen molar-refractivity contribution in [3.05, 3.63) is 59.0 Å². The lowest BCUT2D eigenvalue weighted by Crippen LogP contribution is -2.43. The Labute approximate surface area is 180 Å². The van der Waals surface area contributed by atoms with Crippen LogP contribution in [0, 0.1) is 12.7 Å². The highest BCUT2D eigenvalue weighted by Gasteiger charge is 2.23. The Morgan fingerprint density at radius 2 is 1.87 bits per heavy atom. The lowest BCUT2D eigenvalue weighted by atomic mass is 9.97. The van der Waals surface area contributed by atoms with Crippen molar-refractivity contribution in [2.24, 2.45) is 0 Å². The second kappa shape index (κ2) is 8.60. The van der Waals surface area contributed by atoms with Gasteiger partial charge in [0.2, 0.25) is 0 Å². The fraction of sp³-hybridized carbons (Fsp3) is 0.333. The number of ether oxygens (including phenoxy) is 1. The van der Waals surface area contributed by atoms with Crippen LogP contribution >= 0.6 is 11.6 Å². The van der Waals surface area contributed by atoms with Crippen LogP contribution in [-0.2, 0) is 4.79 Å². The molecule has 156 valence electrons. The molecule has 1 aliphatic rings. The van der Waals surface area contributed by atoms with E-state index in [1.807, 2.05) is 24.0 Å². The molecule has 1 aromatic heterocycles. The van der Waals surface area contributed by atoms with Gasteiger partial charge in [0.05, 0.1) is 5.52 Å². The summed E-state index contributed by atoms with van der Waals surface area (Å²) in [6.07, 6.45) is 2.69. The molecule has 2 heterocycles. The molecule has 1 saturated heterocycles. The van der Waals surface area contributed by atoms with Crippen LogP contribution in [0.15, 0.2) is 42.5 Å². The number of halogens is 2. The number of nitrogens with zero attached hydrogens (tertiary/aromatic N) is 2. The molecule has 1 fully saturated rings. The van der Waals surface area contributed by atoms with Crippen molar-refractivity contribution in [3.63, 3.8) is 0 Å². The third-order valence-electron chi connectivity index (χ3n) is 5.56. The second-order valence-electron chi connectivity index (χ2n) is 7.78. The quantitative estimate of drug-likeness (QED) is 0.496. The van der Waals surface area contributed by atoms with Gasteiger partial charge in [-0.1, -0.05) is 17.7 Å². The number of aromatic nitrogens is 1. The normalized spacial score (nSPS) is 15.3. The molecular weight excluding hydrogens is 403 g/mol. The standard InChI is InChI=1S/C24H24ClFN2O2/c1-15-12-17(26)6-8-19(15)21-14-23(25)27-22-13-18(7-9-20(21)22)30-16(2)24(29)28-10-4-3-5-11-28/h6-9,12-14,16H,3-5,10-11H2,1-2H3/t16-/m1/s1. The molecule has 0 unspecified atom stereocenters. The van der Waals surface area contributed by atoms with E-state index < -0.39 is 6.10 Å². The predicted octanol–water partition coefficient (Wildman–Crippen LogP) is 5.78. The molecule has 2 aromatic carbocycles. The highest BCUT2D eigenvalue weighted by molar-refractivity contribution is 6.30. The summed E-state index contributed by atoms with van der Waals surface area (Å²) in [4.78, 5) is 19.0. The predicted molar refractivity (Wildman–Crippen MR) is 117 cm³/mol. The minimum atomic E-state index is -0.571. The van der Waals surface area contributed by atoms with Crippen molar-refractivity contribution < 1.29 is 13.9 Å². The Bertz CT molecular complexity index is 1100. The SMILES string of the molecule is Cc1cc(F)ccc1-c1cc(Cl)nc2cc(O[C@H](C)C(=O)N3CCCCC3)ccc12. The van der Waals surface area contributed by atoms with Crippen molar-refractivity contribution >= 4 is 28.4 Å². The zero-order chi connectivity index (χ0) is 21.3. The first-order valence-electron chi connectivity index (χ1n) is 10.2. The average molecular weight is 427 g/mol. The fourth-order valence-corrected chi connectivity index (χ4v) is 4.23. The summed E-state index contributed by atoms with van der Waals surface area (Å²) < 4.78 is 19.5. The van der Waals surface area contributed by atoms with E-state index in [0.717, 1.165) is 48.0 Å². The molecule has 6 heteroatoms. The summed E-state index contributed by atoms with van der Waals surface area (Å²) in [6, 6.07) is 12.0. The van der Waals surface area contributed by atoms with E-state index >= 15 is 0 Å². The topological polar surface area (TPSA) is 42.4 Å². The molecule has 4 rings (SSSR count). The largest absolute Gasteiger partial charge is 0.481 e. The van der Waals surface area contributed by atoms with Crippen molar-refractivity contribution in [2.75, 3.05) is 13.1 Å². The number of rotatable bonds is 4. The van der Waals surface area contributed by atoms with Crippen molar-refractivity contribution in [2.45, 2.75) is 39.2 Å². The molecule has 0 radical (unpaired) electrons. The van der Waals surface area contributed by atoms with E-state index in [1.54, 1.807) is 25.1 Å². The Hall–Kier alpha value is -2.66. The van der Waals surface area contributed by atoms with Crippen LogP contribution in [-0.4, -0.2) is 35.0 Å². The summed E-state index contributed by atoms with van der Waals surface area (Å²) in [7, 11) is 0. The van der Waals surface area contributed by atoms with Crippen LogP contribution in [0.2, 0.25) is 5.15 Å². The van der Waals surface area contributed by atoms with Crippen molar-refractivity contribution in [1.29, 1.82) is 0 Å². The maximum atomic E-state index is 13.5. The van der Waals surface area contributed by atoms with E-state index in [9.17, 15) is 9.18 Å². The smallest absolute Gasteiger partial charge is 0.263 e.